The summed E-state index contributed by atoms with van der Waals surface area (Å²) in [6.45, 7) is 4.44. The molecule has 0 radical (unpaired) electrons. The van der Waals surface area contributed by atoms with E-state index in [9.17, 15) is 0 Å². The first-order valence-corrected chi connectivity index (χ1v) is 7.38. The van der Waals surface area contributed by atoms with E-state index in [1.54, 1.807) is 0 Å². The molecule has 20 heavy (non-hydrogen) atoms. The van der Waals surface area contributed by atoms with Crippen LogP contribution in [0.1, 0.15) is 31.7 Å². The molecule has 0 saturated heterocycles. The van der Waals surface area contributed by atoms with E-state index in [0.717, 1.165) is 43.8 Å². The Bertz CT molecular complexity index is 393. The second-order valence-electron chi connectivity index (χ2n) is 4.32. The van der Waals surface area contributed by atoms with Crippen LogP contribution in [-0.2, 0) is 9.57 Å². The standard InChI is InChI=1S/C15H23ClN2O2/c1-2-19-11-4-3-5-15(18-20-12-10-17)13-6-8-14(16)9-7-13/h6-9H,2-5,10-12,17H2,1H3. The monoisotopic (exact) mass is 298 g/mol. The van der Waals surface area contributed by atoms with Crippen LogP contribution in [0.2, 0.25) is 5.02 Å². The molecule has 0 heterocycles. The third-order valence-corrected chi connectivity index (χ3v) is 2.97. The Balaban J connectivity index is 2.56. The lowest BCUT2D eigenvalue weighted by molar-refractivity contribution is 0.143. The van der Waals surface area contributed by atoms with Crippen LogP contribution in [-0.4, -0.2) is 32.1 Å². The number of benzene rings is 1. The summed E-state index contributed by atoms with van der Waals surface area (Å²) in [6, 6.07) is 7.62. The van der Waals surface area contributed by atoms with E-state index in [1.807, 2.05) is 31.2 Å². The van der Waals surface area contributed by atoms with Gasteiger partial charge in [-0.25, -0.2) is 0 Å². The average Bonchev–Trinajstić information content (AvgIpc) is 2.46. The Morgan fingerprint density at radius 1 is 1.20 bits per heavy atom. The zero-order valence-electron chi connectivity index (χ0n) is 12.0. The first-order chi connectivity index (χ1) is 9.77. The second-order valence-corrected chi connectivity index (χ2v) is 4.76. The fourth-order valence-electron chi connectivity index (χ4n) is 1.70. The van der Waals surface area contributed by atoms with Gasteiger partial charge in [-0.2, -0.15) is 0 Å². The predicted molar refractivity (Wildman–Crippen MR) is 83.3 cm³/mol. The van der Waals surface area contributed by atoms with Gasteiger partial charge < -0.3 is 15.3 Å². The Morgan fingerprint density at radius 3 is 2.60 bits per heavy atom. The number of ether oxygens (including phenoxy) is 1. The van der Waals surface area contributed by atoms with Crippen LogP contribution in [0.4, 0.5) is 0 Å². The minimum absolute atomic E-state index is 0.427. The molecule has 0 amide bonds. The van der Waals surface area contributed by atoms with Crippen molar-refractivity contribution in [3.05, 3.63) is 34.9 Å². The number of nitrogens with two attached hydrogens (primary N) is 1. The summed E-state index contributed by atoms with van der Waals surface area (Å²) in [5, 5.41) is 4.90. The van der Waals surface area contributed by atoms with Gasteiger partial charge >= 0.3 is 0 Å². The van der Waals surface area contributed by atoms with Crippen LogP contribution in [0.15, 0.2) is 29.4 Å². The number of rotatable bonds is 10. The van der Waals surface area contributed by atoms with Crippen LogP contribution in [0, 0.1) is 0 Å². The van der Waals surface area contributed by atoms with Gasteiger partial charge in [-0.05, 0) is 43.9 Å². The number of unbranched alkanes of at least 4 members (excludes halogenated alkanes) is 1. The van der Waals surface area contributed by atoms with Gasteiger partial charge in [0.25, 0.3) is 0 Å². The minimum Gasteiger partial charge on any atom is -0.394 e. The van der Waals surface area contributed by atoms with E-state index >= 15 is 0 Å². The number of oxime groups is 1. The molecule has 0 unspecified atom stereocenters. The summed E-state index contributed by atoms with van der Waals surface area (Å²) in [4.78, 5) is 5.21. The summed E-state index contributed by atoms with van der Waals surface area (Å²) in [7, 11) is 0. The molecule has 1 aromatic rings. The van der Waals surface area contributed by atoms with Crippen molar-refractivity contribution >= 4 is 17.3 Å². The largest absolute Gasteiger partial charge is 0.394 e. The van der Waals surface area contributed by atoms with Gasteiger partial charge in [0, 0.05) is 24.8 Å². The fourth-order valence-corrected chi connectivity index (χ4v) is 1.83. The Kier molecular flexibility index (Phi) is 9.04. The van der Waals surface area contributed by atoms with Crippen LogP contribution >= 0.6 is 11.6 Å². The van der Waals surface area contributed by atoms with Crippen molar-refractivity contribution in [3.8, 4) is 0 Å². The first kappa shape index (κ1) is 17.0. The highest BCUT2D eigenvalue weighted by Crippen LogP contribution is 2.13. The molecule has 1 rings (SSSR count). The zero-order chi connectivity index (χ0) is 14.6. The molecule has 5 heteroatoms. The minimum atomic E-state index is 0.427. The van der Waals surface area contributed by atoms with Crippen molar-refractivity contribution in [1.82, 2.24) is 0 Å². The molecular formula is C15H23ClN2O2. The van der Waals surface area contributed by atoms with E-state index in [2.05, 4.69) is 5.16 Å². The molecule has 0 aliphatic carbocycles. The van der Waals surface area contributed by atoms with E-state index in [1.165, 1.54) is 0 Å². The van der Waals surface area contributed by atoms with Crippen molar-refractivity contribution in [1.29, 1.82) is 0 Å². The average molecular weight is 299 g/mol. The van der Waals surface area contributed by atoms with E-state index in [0.29, 0.717) is 18.2 Å². The van der Waals surface area contributed by atoms with E-state index in [4.69, 9.17) is 26.9 Å². The summed E-state index contributed by atoms with van der Waals surface area (Å²) >= 11 is 5.90. The van der Waals surface area contributed by atoms with Gasteiger partial charge in [0.2, 0.25) is 0 Å². The van der Waals surface area contributed by atoms with Gasteiger partial charge in [0.15, 0.2) is 0 Å². The molecule has 0 aromatic heterocycles. The summed E-state index contributed by atoms with van der Waals surface area (Å²) in [5.74, 6) is 0. The molecule has 112 valence electrons. The molecule has 0 atom stereocenters. The van der Waals surface area contributed by atoms with Crippen LogP contribution in [0.25, 0.3) is 0 Å². The lowest BCUT2D eigenvalue weighted by Crippen LogP contribution is -2.08. The number of halogens is 1. The maximum Gasteiger partial charge on any atom is 0.129 e. The first-order valence-electron chi connectivity index (χ1n) is 7.00. The lowest BCUT2D eigenvalue weighted by Gasteiger charge is -2.07. The molecule has 0 aliphatic heterocycles. The predicted octanol–water partition coefficient (Wildman–Crippen LogP) is 3.23. The van der Waals surface area contributed by atoms with Crippen LogP contribution < -0.4 is 5.73 Å². The molecule has 0 spiro atoms. The third kappa shape index (κ3) is 6.89. The number of nitrogens with zero attached hydrogens (tertiary/aromatic N) is 1. The second kappa shape index (κ2) is 10.7. The highest BCUT2D eigenvalue weighted by Gasteiger charge is 2.05. The molecule has 0 saturated carbocycles. The maximum atomic E-state index is 5.90. The zero-order valence-corrected chi connectivity index (χ0v) is 12.7. The molecule has 0 fully saturated rings. The van der Waals surface area contributed by atoms with E-state index in [-0.39, 0.29) is 0 Å². The summed E-state index contributed by atoms with van der Waals surface area (Å²) < 4.78 is 5.33. The Labute approximate surface area is 125 Å². The Hall–Kier alpha value is -1.10. The van der Waals surface area contributed by atoms with Gasteiger partial charge in [-0.15, -0.1) is 0 Å². The topological polar surface area (TPSA) is 56.8 Å². The molecule has 4 nitrogen and oxygen atoms in total. The highest BCUT2D eigenvalue weighted by molar-refractivity contribution is 6.30. The van der Waals surface area contributed by atoms with E-state index < -0.39 is 0 Å². The number of hydrogen-bond acceptors (Lipinski definition) is 4. The van der Waals surface area contributed by atoms with Crippen molar-refractivity contribution in [2.24, 2.45) is 10.9 Å². The number of hydrogen-bond donors (Lipinski definition) is 1. The van der Waals surface area contributed by atoms with Crippen LogP contribution in [0.3, 0.4) is 0 Å². The van der Waals surface area contributed by atoms with Gasteiger partial charge in [0.05, 0.1) is 5.71 Å². The van der Waals surface area contributed by atoms with Gasteiger partial charge in [0.1, 0.15) is 6.61 Å². The van der Waals surface area contributed by atoms with Crippen LogP contribution in [0.5, 0.6) is 0 Å². The maximum absolute atomic E-state index is 5.90. The lowest BCUT2D eigenvalue weighted by atomic mass is 10.1. The summed E-state index contributed by atoms with van der Waals surface area (Å²) in [6.07, 6.45) is 2.87. The summed E-state index contributed by atoms with van der Waals surface area (Å²) in [5.41, 5.74) is 7.35. The molecule has 0 bridgehead atoms. The SMILES string of the molecule is CCOCCCCC(=NOCCN)c1ccc(Cl)cc1. The molecule has 1 aromatic carbocycles. The van der Waals surface area contributed by atoms with Crippen molar-refractivity contribution in [2.75, 3.05) is 26.4 Å². The smallest absolute Gasteiger partial charge is 0.129 e. The van der Waals surface area contributed by atoms with Crippen molar-refractivity contribution in [2.45, 2.75) is 26.2 Å². The van der Waals surface area contributed by atoms with Crippen molar-refractivity contribution < 1.29 is 9.57 Å². The van der Waals surface area contributed by atoms with Crippen molar-refractivity contribution in [3.63, 3.8) is 0 Å². The fraction of sp³-hybridized carbons (Fsp3) is 0.533. The van der Waals surface area contributed by atoms with Gasteiger partial charge in [-0.1, -0.05) is 28.9 Å². The molecule has 2 N–H and O–H groups in total. The third-order valence-electron chi connectivity index (χ3n) is 2.72. The highest BCUT2D eigenvalue weighted by atomic mass is 35.5. The molecular weight excluding hydrogens is 276 g/mol. The quantitative estimate of drug-likeness (QED) is 0.410. The Morgan fingerprint density at radius 2 is 1.95 bits per heavy atom. The normalized spacial score (nSPS) is 11.7. The van der Waals surface area contributed by atoms with Gasteiger partial charge in [-0.3, -0.25) is 0 Å². The molecule has 0 aliphatic rings.